The van der Waals surface area contributed by atoms with Gasteiger partial charge in [-0.1, -0.05) is 6.07 Å². The molecule has 0 aliphatic heterocycles. The molecule has 0 fully saturated rings. The zero-order valence-corrected chi connectivity index (χ0v) is 7.28. The second-order valence-corrected chi connectivity index (χ2v) is 2.69. The molecule has 4 heteroatoms. The van der Waals surface area contributed by atoms with Crippen molar-refractivity contribution in [1.29, 1.82) is 0 Å². The van der Waals surface area contributed by atoms with Crippen LogP contribution in [0.3, 0.4) is 0 Å². The Morgan fingerprint density at radius 3 is 3.08 bits per heavy atom. The van der Waals surface area contributed by atoms with Crippen molar-refractivity contribution in [3.8, 4) is 6.08 Å². The van der Waals surface area contributed by atoms with E-state index in [0.29, 0.717) is 12.1 Å². The molecule has 0 bridgehead atoms. The molecule has 0 aliphatic carbocycles. The molecule has 0 amide bonds. The molecule has 0 radical (unpaired) electrons. The fraction of sp³-hybridized carbons (Fsp3) is 0.222. The maximum absolute atomic E-state index is 5.49. The predicted molar refractivity (Wildman–Crippen MR) is 48.5 cm³/mol. The normalized spacial score (nSPS) is 10.6. The Balaban J connectivity index is 2.57. The lowest BCUT2D eigenvalue weighted by molar-refractivity contribution is 0.299. The third-order valence-corrected chi connectivity index (χ3v) is 1.84. The summed E-state index contributed by atoms with van der Waals surface area (Å²) in [4.78, 5) is 4.10. The van der Waals surface area contributed by atoms with Crippen LogP contribution in [0.1, 0.15) is 5.56 Å². The number of aromatic nitrogens is 1. The van der Waals surface area contributed by atoms with Gasteiger partial charge in [-0.25, -0.2) is 0 Å². The van der Waals surface area contributed by atoms with Gasteiger partial charge in [0.25, 0.3) is 0 Å². The fourth-order valence-electron chi connectivity index (χ4n) is 1.17. The summed E-state index contributed by atoms with van der Waals surface area (Å²) in [5.41, 5.74) is 8.02. The van der Waals surface area contributed by atoms with Crippen molar-refractivity contribution in [2.75, 3.05) is 7.11 Å². The number of methoxy groups -OCH3 is 1. The van der Waals surface area contributed by atoms with Gasteiger partial charge in [-0.3, -0.25) is 0 Å². The van der Waals surface area contributed by atoms with Gasteiger partial charge >= 0.3 is 6.08 Å². The number of nitrogens with zero attached hydrogens (tertiary/aromatic N) is 1. The Kier molecular flexibility index (Phi) is 1.90. The highest BCUT2D eigenvalue weighted by atomic mass is 16.6. The third kappa shape index (κ3) is 1.36. The van der Waals surface area contributed by atoms with E-state index in [-0.39, 0.29) is 6.08 Å². The minimum atomic E-state index is 0.282. The molecule has 1 aromatic carbocycles. The van der Waals surface area contributed by atoms with E-state index in [1.165, 1.54) is 7.11 Å². The number of hydrogen-bond acceptors (Lipinski definition) is 4. The van der Waals surface area contributed by atoms with Gasteiger partial charge in [0.15, 0.2) is 5.58 Å². The monoisotopic (exact) mass is 178 g/mol. The van der Waals surface area contributed by atoms with Crippen molar-refractivity contribution in [2.45, 2.75) is 6.54 Å². The first-order valence-corrected chi connectivity index (χ1v) is 3.97. The Morgan fingerprint density at radius 1 is 1.54 bits per heavy atom. The lowest BCUT2D eigenvalue weighted by Gasteiger charge is -1.92. The largest absolute Gasteiger partial charge is 0.453 e. The molecule has 0 unspecified atom stereocenters. The van der Waals surface area contributed by atoms with Crippen molar-refractivity contribution >= 4 is 11.1 Å². The van der Waals surface area contributed by atoms with Crippen molar-refractivity contribution in [1.82, 2.24) is 4.98 Å². The van der Waals surface area contributed by atoms with Gasteiger partial charge < -0.3 is 14.9 Å². The van der Waals surface area contributed by atoms with Gasteiger partial charge in [-0.15, -0.1) is 0 Å². The van der Waals surface area contributed by atoms with Crippen LogP contribution in [0.25, 0.3) is 11.1 Å². The summed E-state index contributed by atoms with van der Waals surface area (Å²) in [5, 5.41) is 0. The van der Waals surface area contributed by atoms with E-state index in [1.807, 2.05) is 18.2 Å². The average molecular weight is 178 g/mol. The minimum Gasteiger partial charge on any atom is -0.453 e. The number of rotatable bonds is 2. The van der Waals surface area contributed by atoms with Crippen LogP contribution >= 0.6 is 0 Å². The Hall–Kier alpha value is -1.55. The van der Waals surface area contributed by atoms with E-state index >= 15 is 0 Å². The number of fused-ring (bicyclic) bond motifs is 1. The van der Waals surface area contributed by atoms with Crippen LogP contribution < -0.4 is 10.5 Å². The molecule has 2 N–H and O–H groups in total. The SMILES string of the molecule is COc1nc2cc(CN)ccc2o1. The van der Waals surface area contributed by atoms with E-state index < -0.39 is 0 Å². The van der Waals surface area contributed by atoms with Gasteiger partial charge in [-0.05, 0) is 17.7 Å². The smallest absolute Gasteiger partial charge is 0.394 e. The van der Waals surface area contributed by atoms with Crippen LogP contribution in [0.15, 0.2) is 22.6 Å². The van der Waals surface area contributed by atoms with Crippen molar-refractivity contribution in [3.05, 3.63) is 23.8 Å². The molecule has 4 nitrogen and oxygen atoms in total. The molecule has 1 heterocycles. The number of benzene rings is 1. The molecule has 1 aromatic heterocycles. The van der Waals surface area contributed by atoms with E-state index in [0.717, 1.165) is 11.1 Å². The molecular formula is C9H10N2O2. The quantitative estimate of drug-likeness (QED) is 0.752. The lowest BCUT2D eigenvalue weighted by Crippen LogP contribution is -1.94. The van der Waals surface area contributed by atoms with Gasteiger partial charge in [-0.2, -0.15) is 4.98 Å². The minimum absolute atomic E-state index is 0.282. The predicted octanol–water partition coefficient (Wildman–Crippen LogP) is 1.30. The second-order valence-electron chi connectivity index (χ2n) is 2.69. The number of nitrogens with two attached hydrogens (primary N) is 1. The molecule has 0 spiro atoms. The first kappa shape index (κ1) is 8.07. The van der Waals surface area contributed by atoms with Crippen molar-refractivity contribution < 1.29 is 9.15 Å². The summed E-state index contributed by atoms with van der Waals surface area (Å²) in [7, 11) is 1.52. The lowest BCUT2D eigenvalue weighted by atomic mass is 10.2. The second kappa shape index (κ2) is 3.06. The van der Waals surface area contributed by atoms with Gasteiger partial charge in [0.1, 0.15) is 5.52 Å². The van der Waals surface area contributed by atoms with Crippen molar-refractivity contribution in [3.63, 3.8) is 0 Å². The number of ether oxygens (including phenoxy) is 1. The maximum Gasteiger partial charge on any atom is 0.394 e. The molecule has 2 rings (SSSR count). The summed E-state index contributed by atoms with van der Waals surface area (Å²) in [5.74, 6) is 0. The maximum atomic E-state index is 5.49. The highest BCUT2D eigenvalue weighted by Crippen LogP contribution is 2.20. The van der Waals surface area contributed by atoms with Gasteiger partial charge in [0, 0.05) is 6.54 Å². The Morgan fingerprint density at radius 2 is 2.38 bits per heavy atom. The molecule has 0 atom stereocenters. The first-order chi connectivity index (χ1) is 6.33. The molecular weight excluding hydrogens is 168 g/mol. The molecule has 0 aliphatic rings. The highest BCUT2D eigenvalue weighted by Gasteiger charge is 2.04. The summed E-state index contributed by atoms with van der Waals surface area (Å²) < 4.78 is 10.1. The van der Waals surface area contributed by atoms with E-state index in [1.54, 1.807) is 0 Å². The van der Waals surface area contributed by atoms with Gasteiger partial charge in [0.2, 0.25) is 0 Å². The topological polar surface area (TPSA) is 61.3 Å². The van der Waals surface area contributed by atoms with Crippen LogP contribution in [-0.2, 0) is 6.54 Å². The van der Waals surface area contributed by atoms with E-state index in [4.69, 9.17) is 14.9 Å². The standard InChI is InChI=1S/C9H10N2O2/c1-12-9-11-7-4-6(5-10)2-3-8(7)13-9/h2-4H,5,10H2,1H3. The Labute approximate surface area is 75.3 Å². The van der Waals surface area contributed by atoms with Crippen LogP contribution in [0.4, 0.5) is 0 Å². The van der Waals surface area contributed by atoms with E-state index in [9.17, 15) is 0 Å². The Bertz CT molecular complexity index is 420. The zero-order chi connectivity index (χ0) is 9.26. The zero-order valence-electron chi connectivity index (χ0n) is 7.28. The fourth-order valence-corrected chi connectivity index (χ4v) is 1.17. The summed E-state index contributed by atoms with van der Waals surface area (Å²) in [6.45, 7) is 0.505. The number of oxazole rings is 1. The number of hydrogen-bond donors (Lipinski definition) is 1. The molecule has 13 heavy (non-hydrogen) atoms. The van der Waals surface area contributed by atoms with Crippen LogP contribution in [0, 0.1) is 0 Å². The third-order valence-electron chi connectivity index (χ3n) is 1.84. The summed E-state index contributed by atoms with van der Waals surface area (Å²) in [6.07, 6.45) is 0.282. The highest BCUT2D eigenvalue weighted by molar-refractivity contribution is 5.73. The van der Waals surface area contributed by atoms with Crippen molar-refractivity contribution in [2.24, 2.45) is 5.73 Å². The van der Waals surface area contributed by atoms with Crippen LogP contribution in [-0.4, -0.2) is 12.1 Å². The average Bonchev–Trinajstić information content (AvgIpc) is 2.58. The van der Waals surface area contributed by atoms with Gasteiger partial charge in [0.05, 0.1) is 7.11 Å². The molecule has 68 valence electrons. The summed E-state index contributed by atoms with van der Waals surface area (Å²) >= 11 is 0. The molecule has 2 aromatic rings. The van der Waals surface area contributed by atoms with Crippen LogP contribution in [0.5, 0.6) is 6.08 Å². The van der Waals surface area contributed by atoms with E-state index in [2.05, 4.69) is 4.98 Å². The van der Waals surface area contributed by atoms with Crippen LogP contribution in [0.2, 0.25) is 0 Å². The summed E-state index contributed by atoms with van der Waals surface area (Å²) in [6, 6.07) is 5.64. The molecule has 0 saturated carbocycles. The molecule has 0 saturated heterocycles. The first-order valence-electron chi connectivity index (χ1n) is 3.97.